The lowest BCUT2D eigenvalue weighted by atomic mass is 10.7. The predicted molar refractivity (Wildman–Crippen MR) is 28.2 cm³/mol. The molecule has 0 spiro atoms. The van der Waals surface area contributed by atoms with Gasteiger partial charge in [0, 0.05) is 0 Å². The summed E-state index contributed by atoms with van der Waals surface area (Å²) in [6, 6.07) is 0. The minimum atomic E-state index is -0.849. The van der Waals surface area contributed by atoms with Gasteiger partial charge in [0.2, 0.25) is 0 Å². The monoisotopic (exact) mass is 115 g/mol. The van der Waals surface area contributed by atoms with E-state index in [0.717, 1.165) is 6.21 Å². The van der Waals surface area contributed by atoms with Crippen LogP contribution in [0.2, 0.25) is 0 Å². The number of nitrogens with zero attached hydrogens (tertiary/aromatic N) is 1. The van der Waals surface area contributed by atoms with Crippen molar-refractivity contribution in [3.8, 4) is 0 Å². The quantitative estimate of drug-likeness (QED) is 0.378. The Morgan fingerprint density at radius 1 is 2.00 bits per heavy atom. The average molecular weight is 115 g/mol. The van der Waals surface area contributed by atoms with Crippen LogP contribution in [0, 0.1) is 0 Å². The summed E-state index contributed by atoms with van der Waals surface area (Å²) in [6.45, 7) is 2.16. The van der Waals surface area contributed by atoms with Crippen LogP contribution in [0.5, 0.6) is 0 Å². The van der Waals surface area contributed by atoms with Gasteiger partial charge in [0.05, 0.1) is 0 Å². The molecule has 1 radical (unpaired) electrons. The Morgan fingerprint density at radius 2 is 2.62 bits per heavy atom. The summed E-state index contributed by atoms with van der Waals surface area (Å²) in [5.74, 6) is -0.849. The van der Waals surface area contributed by atoms with Crippen molar-refractivity contribution in [3.05, 3.63) is 0 Å². The predicted octanol–water partition coefficient (Wildman–Crippen LogP) is -0.182. The highest BCUT2D eigenvalue weighted by Gasteiger charge is 1.81. The molecule has 0 unspecified atom stereocenters. The molecule has 0 heterocycles. The molecule has 0 aromatic rings. The second kappa shape index (κ2) is 4.11. The molecule has 0 aliphatic rings. The van der Waals surface area contributed by atoms with Crippen LogP contribution >= 0.6 is 0 Å². The Balaban J connectivity index is 3.20. The molecular formula is C4H7N2O2. The van der Waals surface area contributed by atoms with Crippen molar-refractivity contribution in [2.24, 2.45) is 5.16 Å². The molecule has 0 aromatic heterocycles. The summed E-state index contributed by atoms with van der Waals surface area (Å²) < 4.78 is 0. The van der Waals surface area contributed by atoms with Crippen molar-refractivity contribution < 1.29 is 9.63 Å². The highest BCUT2D eigenvalue weighted by Crippen LogP contribution is 1.69. The van der Waals surface area contributed by atoms with Crippen molar-refractivity contribution in [2.45, 2.75) is 6.92 Å². The Bertz CT molecular complexity index is 100. The van der Waals surface area contributed by atoms with Gasteiger partial charge in [-0.15, -0.1) is 0 Å². The van der Waals surface area contributed by atoms with Crippen LogP contribution in [0.3, 0.4) is 0 Å². The summed E-state index contributed by atoms with van der Waals surface area (Å²) in [7, 11) is 0. The molecule has 45 valence electrons. The van der Waals surface area contributed by atoms with E-state index in [4.69, 9.17) is 5.73 Å². The number of carbonyl (C=O) groups excluding carboxylic acids is 1. The normalized spacial score (nSPS) is 9.62. The van der Waals surface area contributed by atoms with Gasteiger partial charge in [-0.1, -0.05) is 5.16 Å². The Labute approximate surface area is 47.3 Å². The van der Waals surface area contributed by atoms with E-state index < -0.39 is 5.91 Å². The third-order valence-electron chi connectivity index (χ3n) is 0.374. The molecule has 1 amide bonds. The molecule has 0 saturated carbocycles. The van der Waals surface area contributed by atoms with E-state index in [1.54, 1.807) is 6.92 Å². The van der Waals surface area contributed by atoms with Gasteiger partial charge in [-0.25, -0.2) is 0 Å². The van der Waals surface area contributed by atoms with Crippen LogP contribution in [0.25, 0.3) is 0 Å². The lowest BCUT2D eigenvalue weighted by Gasteiger charge is -1.85. The number of amides is 1. The first-order chi connectivity index (χ1) is 3.77. The molecule has 4 heteroatoms. The first kappa shape index (κ1) is 6.94. The molecule has 0 fully saturated rings. The van der Waals surface area contributed by atoms with Crippen LogP contribution in [0.15, 0.2) is 5.16 Å². The highest BCUT2D eigenvalue weighted by atomic mass is 16.6. The van der Waals surface area contributed by atoms with Crippen molar-refractivity contribution in [1.82, 2.24) is 5.73 Å². The summed E-state index contributed by atoms with van der Waals surface area (Å²) in [4.78, 5) is 14.1. The molecular weight excluding hydrogens is 108 g/mol. The van der Waals surface area contributed by atoms with E-state index in [1.165, 1.54) is 0 Å². The molecule has 4 nitrogen and oxygen atoms in total. The molecule has 0 saturated heterocycles. The third-order valence-corrected chi connectivity index (χ3v) is 0.374. The number of nitrogens with one attached hydrogen (secondary N) is 1. The van der Waals surface area contributed by atoms with Gasteiger partial charge in [0.25, 0.3) is 5.91 Å². The third kappa shape index (κ3) is 4.94. The van der Waals surface area contributed by atoms with Crippen LogP contribution in [-0.2, 0) is 9.63 Å². The first-order valence-corrected chi connectivity index (χ1v) is 2.18. The molecule has 1 N–H and O–H groups in total. The number of hydrogen-bond donors (Lipinski definition) is 0. The Hall–Kier alpha value is -1.06. The van der Waals surface area contributed by atoms with Crippen molar-refractivity contribution >= 4 is 12.1 Å². The van der Waals surface area contributed by atoms with Crippen LogP contribution in [0.4, 0.5) is 0 Å². The van der Waals surface area contributed by atoms with E-state index in [-0.39, 0.29) is 0 Å². The highest BCUT2D eigenvalue weighted by molar-refractivity contribution is 6.24. The topological polar surface area (TPSA) is 62.5 Å². The average Bonchev–Trinajstić information content (AvgIpc) is 1.66. The minimum Gasteiger partial charge on any atom is -0.396 e. The van der Waals surface area contributed by atoms with E-state index >= 15 is 0 Å². The van der Waals surface area contributed by atoms with Gasteiger partial charge in [-0.05, 0) is 6.92 Å². The fourth-order valence-electron chi connectivity index (χ4n) is 0.160. The van der Waals surface area contributed by atoms with Gasteiger partial charge >= 0.3 is 0 Å². The Morgan fingerprint density at radius 3 is 3.00 bits per heavy atom. The van der Waals surface area contributed by atoms with Crippen LogP contribution in [-0.4, -0.2) is 18.7 Å². The number of rotatable bonds is 3. The standard InChI is InChI=1S/C4H7N2O2/c1-2-8-6-3-4(5)7/h3,5H,2H2,1H3. The maximum atomic E-state index is 9.76. The van der Waals surface area contributed by atoms with Crippen LogP contribution < -0.4 is 5.73 Å². The molecule has 0 aromatic carbocycles. The largest absolute Gasteiger partial charge is 0.396 e. The SMILES string of the molecule is CCON=CC([NH])=O. The van der Waals surface area contributed by atoms with Crippen molar-refractivity contribution in [1.29, 1.82) is 0 Å². The van der Waals surface area contributed by atoms with E-state index in [9.17, 15) is 4.79 Å². The van der Waals surface area contributed by atoms with E-state index in [0.29, 0.717) is 6.61 Å². The number of carbonyl (C=O) groups is 1. The molecule has 0 rings (SSSR count). The van der Waals surface area contributed by atoms with Crippen molar-refractivity contribution in [3.63, 3.8) is 0 Å². The van der Waals surface area contributed by atoms with Gasteiger partial charge < -0.3 is 4.84 Å². The fourth-order valence-corrected chi connectivity index (χ4v) is 0.160. The molecule has 0 atom stereocenters. The zero-order valence-electron chi connectivity index (χ0n) is 4.55. The first-order valence-electron chi connectivity index (χ1n) is 2.18. The Kier molecular flexibility index (Phi) is 3.56. The van der Waals surface area contributed by atoms with Crippen molar-refractivity contribution in [2.75, 3.05) is 6.61 Å². The smallest absolute Gasteiger partial charge is 0.284 e. The number of hydrogen-bond acceptors (Lipinski definition) is 3. The van der Waals surface area contributed by atoms with Gasteiger partial charge in [-0.2, -0.15) is 0 Å². The van der Waals surface area contributed by atoms with E-state index in [2.05, 4.69) is 9.99 Å². The second-order valence-electron chi connectivity index (χ2n) is 1.02. The maximum absolute atomic E-state index is 9.76. The molecule has 0 bridgehead atoms. The summed E-state index contributed by atoms with van der Waals surface area (Å²) in [5.41, 5.74) is 6.29. The lowest BCUT2D eigenvalue weighted by molar-refractivity contribution is -0.112. The molecule has 0 aliphatic heterocycles. The van der Waals surface area contributed by atoms with Crippen LogP contribution in [0.1, 0.15) is 6.92 Å². The second-order valence-corrected chi connectivity index (χ2v) is 1.02. The van der Waals surface area contributed by atoms with Gasteiger partial charge in [0.1, 0.15) is 12.8 Å². The minimum absolute atomic E-state index is 0.420. The lowest BCUT2D eigenvalue weighted by Crippen LogP contribution is -1.98. The van der Waals surface area contributed by atoms with Gasteiger partial charge in [-0.3, -0.25) is 10.5 Å². The summed E-state index contributed by atoms with van der Waals surface area (Å²) in [6.07, 6.45) is 0.809. The van der Waals surface area contributed by atoms with Gasteiger partial charge in [0.15, 0.2) is 0 Å². The fraction of sp³-hybridized carbons (Fsp3) is 0.500. The zero-order valence-corrected chi connectivity index (χ0v) is 4.55. The zero-order chi connectivity index (χ0) is 6.41. The number of oxime groups is 1. The molecule has 0 aliphatic carbocycles. The maximum Gasteiger partial charge on any atom is 0.284 e. The van der Waals surface area contributed by atoms with E-state index in [1.807, 2.05) is 0 Å². The molecule has 8 heavy (non-hydrogen) atoms. The summed E-state index contributed by atoms with van der Waals surface area (Å²) >= 11 is 0. The summed E-state index contributed by atoms with van der Waals surface area (Å²) in [5, 5.41) is 3.13.